The SMILES string of the molecule is Cc1cc(C(N)=O)cc(Cl)c1Br. The van der Waals surface area contributed by atoms with E-state index in [-0.39, 0.29) is 0 Å². The van der Waals surface area contributed by atoms with Crippen molar-refractivity contribution in [2.45, 2.75) is 6.92 Å². The quantitative estimate of drug-likeness (QED) is 0.815. The van der Waals surface area contributed by atoms with Crippen LogP contribution in [0.15, 0.2) is 16.6 Å². The van der Waals surface area contributed by atoms with E-state index in [1.165, 1.54) is 0 Å². The Bertz CT molecular complexity index is 315. The van der Waals surface area contributed by atoms with Crippen LogP contribution in [0.3, 0.4) is 0 Å². The monoisotopic (exact) mass is 247 g/mol. The largest absolute Gasteiger partial charge is 0.366 e. The molecule has 4 heteroatoms. The Morgan fingerprint density at radius 3 is 2.58 bits per heavy atom. The third-order valence-electron chi connectivity index (χ3n) is 1.49. The van der Waals surface area contributed by atoms with Crippen molar-refractivity contribution in [3.05, 3.63) is 32.8 Å². The van der Waals surface area contributed by atoms with E-state index in [0.29, 0.717) is 10.6 Å². The number of benzene rings is 1. The predicted octanol–water partition coefficient (Wildman–Crippen LogP) is 2.51. The molecule has 0 spiro atoms. The first-order valence-corrected chi connectivity index (χ1v) is 4.45. The second kappa shape index (κ2) is 3.46. The van der Waals surface area contributed by atoms with Crippen LogP contribution in [0.5, 0.6) is 0 Å². The number of carbonyl (C=O) groups is 1. The lowest BCUT2D eigenvalue weighted by Crippen LogP contribution is -2.11. The van der Waals surface area contributed by atoms with E-state index < -0.39 is 5.91 Å². The average Bonchev–Trinajstić information content (AvgIpc) is 1.99. The lowest BCUT2D eigenvalue weighted by Gasteiger charge is -2.02. The molecule has 1 aromatic carbocycles. The van der Waals surface area contributed by atoms with Gasteiger partial charge in [0.05, 0.1) is 5.02 Å². The van der Waals surface area contributed by atoms with Crippen molar-refractivity contribution in [3.63, 3.8) is 0 Å². The second-order valence-corrected chi connectivity index (χ2v) is 3.65. The minimum Gasteiger partial charge on any atom is -0.366 e. The number of primary amides is 1. The van der Waals surface area contributed by atoms with Crippen molar-refractivity contribution < 1.29 is 4.79 Å². The Morgan fingerprint density at radius 1 is 1.58 bits per heavy atom. The first-order chi connectivity index (χ1) is 5.52. The van der Waals surface area contributed by atoms with E-state index in [1.807, 2.05) is 6.92 Å². The Balaban J connectivity index is 3.31. The van der Waals surface area contributed by atoms with E-state index in [4.69, 9.17) is 17.3 Å². The van der Waals surface area contributed by atoms with Crippen LogP contribution in [0.25, 0.3) is 0 Å². The molecule has 0 saturated carbocycles. The van der Waals surface area contributed by atoms with E-state index in [1.54, 1.807) is 12.1 Å². The highest BCUT2D eigenvalue weighted by molar-refractivity contribution is 9.10. The van der Waals surface area contributed by atoms with Gasteiger partial charge >= 0.3 is 0 Å². The lowest BCUT2D eigenvalue weighted by molar-refractivity contribution is 0.1000. The van der Waals surface area contributed by atoms with Gasteiger partial charge in [0.2, 0.25) is 5.91 Å². The number of amides is 1. The third-order valence-corrected chi connectivity index (χ3v) is 3.07. The van der Waals surface area contributed by atoms with Gasteiger partial charge in [0.25, 0.3) is 0 Å². The van der Waals surface area contributed by atoms with Crippen LogP contribution in [-0.2, 0) is 0 Å². The van der Waals surface area contributed by atoms with E-state index in [9.17, 15) is 4.79 Å². The molecule has 0 radical (unpaired) electrons. The van der Waals surface area contributed by atoms with Gasteiger partial charge < -0.3 is 5.73 Å². The number of carbonyl (C=O) groups excluding carboxylic acids is 1. The second-order valence-electron chi connectivity index (χ2n) is 2.45. The fourth-order valence-corrected chi connectivity index (χ4v) is 1.36. The van der Waals surface area contributed by atoms with Crippen LogP contribution in [0.2, 0.25) is 5.02 Å². The molecule has 0 bridgehead atoms. The van der Waals surface area contributed by atoms with Crippen LogP contribution in [0.4, 0.5) is 0 Å². The number of hydrogen-bond donors (Lipinski definition) is 1. The fraction of sp³-hybridized carbons (Fsp3) is 0.125. The molecule has 0 aliphatic heterocycles. The van der Waals surface area contributed by atoms with Gasteiger partial charge in [-0.15, -0.1) is 0 Å². The van der Waals surface area contributed by atoms with Gasteiger partial charge in [-0.2, -0.15) is 0 Å². The van der Waals surface area contributed by atoms with Crippen molar-refractivity contribution >= 4 is 33.4 Å². The van der Waals surface area contributed by atoms with Crippen molar-refractivity contribution in [2.24, 2.45) is 5.73 Å². The molecular formula is C8H7BrClNO. The highest BCUT2D eigenvalue weighted by Gasteiger charge is 2.06. The van der Waals surface area contributed by atoms with Crippen LogP contribution in [0, 0.1) is 6.92 Å². The van der Waals surface area contributed by atoms with Crippen molar-refractivity contribution in [3.8, 4) is 0 Å². The number of halogens is 2. The first kappa shape index (κ1) is 9.55. The van der Waals surface area contributed by atoms with Crippen LogP contribution >= 0.6 is 27.5 Å². The van der Waals surface area contributed by atoms with Gasteiger partial charge in [-0.3, -0.25) is 4.79 Å². The molecule has 1 rings (SSSR count). The topological polar surface area (TPSA) is 43.1 Å². The van der Waals surface area contributed by atoms with Gasteiger partial charge in [0, 0.05) is 10.0 Å². The summed E-state index contributed by atoms with van der Waals surface area (Å²) < 4.78 is 0.800. The molecule has 64 valence electrons. The molecule has 0 aliphatic rings. The maximum absolute atomic E-state index is 10.8. The summed E-state index contributed by atoms with van der Waals surface area (Å²) in [5, 5.41) is 0.504. The molecule has 0 aromatic heterocycles. The molecule has 2 N–H and O–H groups in total. The number of hydrogen-bond acceptors (Lipinski definition) is 1. The van der Waals surface area contributed by atoms with Crippen LogP contribution in [-0.4, -0.2) is 5.91 Å². The van der Waals surface area contributed by atoms with E-state index >= 15 is 0 Å². The zero-order valence-corrected chi connectivity index (χ0v) is 8.74. The van der Waals surface area contributed by atoms with Gasteiger partial charge in [-0.25, -0.2) is 0 Å². The van der Waals surface area contributed by atoms with Crippen LogP contribution < -0.4 is 5.73 Å². The summed E-state index contributed by atoms with van der Waals surface area (Å²) in [5.41, 5.74) is 6.42. The van der Waals surface area contributed by atoms with Gasteiger partial charge in [-0.1, -0.05) is 11.6 Å². The Hall–Kier alpha value is -0.540. The summed E-state index contributed by atoms with van der Waals surface area (Å²) in [6, 6.07) is 3.24. The van der Waals surface area contributed by atoms with E-state index in [0.717, 1.165) is 10.0 Å². The Morgan fingerprint density at radius 2 is 2.17 bits per heavy atom. The molecule has 12 heavy (non-hydrogen) atoms. The standard InChI is InChI=1S/C8H7BrClNO/c1-4-2-5(8(11)12)3-6(10)7(4)9/h2-3H,1H3,(H2,11,12). The normalized spacial score (nSPS) is 9.92. The summed E-state index contributed by atoms with van der Waals surface area (Å²) in [4.78, 5) is 10.8. The van der Waals surface area contributed by atoms with Crippen molar-refractivity contribution in [1.29, 1.82) is 0 Å². The minimum absolute atomic E-state index is 0.431. The summed E-state index contributed by atoms with van der Waals surface area (Å²) >= 11 is 9.09. The van der Waals surface area contributed by atoms with Gasteiger partial charge in [0.15, 0.2) is 0 Å². The molecule has 0 aliphatic carbocycles. The molecule has 0 saturated heterocycles. The molecule has 0 fully saturated rings. The third kappa shape index (κ3) is 1.79. The molecule has 1 amide bonds. The predicted molar refractivity (Wildman–Crippen MR) is 52.4 cm³/mol. The van der Waals surface area contributed by atoms with Gasteiger partial charge in [-0.05, 0) is 40.5 Å². The maximum atomic E-state index is 10.8. The fourth-order valence-electron chi connectivity index (χ4n) is 0.869. The number of aryl methyl sites for hydroxylation is 1. The zero-order chi connectivity index (χ0) is 9.30. The zero-order valence-electron chi connectivity index (χ0n) is 6.40. The molecule has 0 atom stereocenters. The molecular weight excluding hydrogens is 241 g/mol. The summed E-state index contributed by atoms with van der Waals surface area (Å²) in [6.45, 7) is 1.85. The smallest absolute Gasteiger partial charge is 0.248 e. The summed E-state index contributed by atoms with van der Waals surface area (Å²) in [7, 11) is 0. The summed E-state index contributed by atoms with van der Waals surface area (Å²) in [5.74, 6) is -0.465. The summed E-state index contributed by atoms with van der Waals surface area (Å²) in [6.07, 6.45) is 0. The lowest BCUT2D eigenvalue weighted by atomic mass is 10.1. The number of rotatable bonds is 1. The Kier molecular flexibility index (Phi) is 2.75. The number of nitrogens with two attached hydrogens (primary N) is 1. The molecule has 0 unspecified atom stereocenters. The highest BCUT2D eigenvalue weighted by Crippen LogP contribution is 2.27. The molecule has 1 aromatic rings. The Labute approximate surface area is 83.8 Å². The van der Waals surface area contributed by atoms with Crippen molar-refractivity contribution in [2.75, 3.05) is 0 Å². The molecule has 0 heterocycles. The van der Waals surface area contributed by atoms with Gasteiger partial charge in [0.1, 0.15) is 0 Å². The van der Waals surface area contributed by atoms with Crippen LogP contribution in [0.1, 0.15) is 15.9 Å². The average molecular weight is 249 g/mol. The highest BCUT2D eigenvalue weighted by atomic mass is 79.9. The van der Waals surface area contributed by atoms with E-state index in [2.05, 4.69) is 15.9 Å². The minimum atomic E-state index is -0.465. The first-order valence-electron chi connectivity index (χ1n) is 3.28. The maximum Gasteiger partial charge on any atom is 0.248 e. The molecule has 2 nitrogen and oxygen atoms in total. The van der Waals surface area contributed by atoms with Crippen molar-refractivity contribution in [1.82, 2.24) is 0 Å².